The summed E-state index contributed by atoms with van der Waals surface area (Å²) in [7, 11) is -3.24. The lowest BCUT2D eigenvalue weighted by Gasteiger charge is -2.29. The average Bonchev–Trinajstić information content (AvgIpc) is 2.28. The molecule has 0 aromatic heterocycles. The van der Waals surface area contributed by atoms with Crippen LogP contribution in [0.3, 0.4) is 0 Å². The zero-order chi connectivity index (χ0) is 14.6. The van der Waals surface area contributed by atoms with Crippen LogP contribution in [0.5, 0.6) is 0 Å². The molecule has 2 N–H and O–H groups in total. The summed E-state index contributed by atoms with van der Waals surface area (Å²) in [5.41, 5.74) is 5.14. The van der Waals surface area contributed by atoms with Crippen molar-refractivity contribution in [3.63, 3.8) is 0 Å². The number of hydrogen-bond donors (Lipinski definition) is 1. The molecule has 0 aliphatic heterocycles. The van der Waals surface area contributed by atoms with E-state index in [0.717, 1.165) is 0 Å². The molecule has 108 valence electrons. The van der Waals surface area contributed by atoms with Crippen LogP contribution in [0, 0.1) is 5.41 Å². The second kappa shape index (κ2) is 6.15. The minimum absolute atomic E-state index is 0.0252. The minimum Gasteiger partial charge on any atom is -0.329 e. The van der Waals surface area contributed by atoms with Crippen LogP contribution in [0.4, 0.5) is 0 Å². The summed E-state index contributed by atoms with van der Waals surface area (Å²) in [4.78, 5) is 12.2. The average molecular weight is 277 g/mol. The molecular weight excluding hydrogens is 250 g/mol. The summed E-state index contributed by atoms with van der Waals surface area (Å²) in [5, 5.41) is 0. The summed E-state index contributed by atoms with van der Waals surface area (Å²) in [6, 6.07) is 0. The van der Waals surface area contributed by atoms with Crippen molar-refractivity contribution in [2.75, 3.05) is 12.3 Å². The Hall–Kier alpha value is -0.420. The molecule has 0 saturated carbocycles. The second-order valence-corrected chi connectivity index (χ2v) is 8.66. The van der Waals surface area contributed by atoms with Crippen molar-refractivity contribution in [2.45, 2.75) is 58.6 Å². The molecule has 0 heterocycles. The number of rotatable bonds is 7. The number of ketones is 1. The molecule has 0 fully saturated rings. The highest BCUT2D eigenvalue weighted by Crippen LogP contribution is 2.28. The lowest BCUT2D eigenvalue weighted by Crippen LogP contribution is -2.39. The topological polar surface area (TPSA) is 77.2 Å². The van der Waals surface area contributed by atoms with E-state index in [1.807, 2.05) is 13.8 Å². The molecule has 0 amide bonds. The van der Waals surface area contributed by atoms with E-state index in [4.69, 9.17) is 5.73 Å². The number of nitrogens with two attached hydrogens (primary N) is 1. The molecule has 0 aliphatic carbocycles. The fourth-order valence-corrected chi connectivity index (χ4v) is 2.91. The Balaban J connectivity index is 4.81. The van der Waals surface area contributed by atoms with Crippen molar-refractivity contribution in [1.82, 2.24) is 0 Å². The number of sulfone groups is 1. The van der Waals surface area contributed by atoms with Gasteiger partial charge in [-0.25, -0.2) is 8.42 Å². The van der Waals surface area contributed by atoms with Crippen molar-refractivity contribution in [1.29, 1.82) is 0 Å². The van der Waals surface area contributed by atoms with E-state index in [1.54, 1.807) is 20.8 Å². The van der Waals surface area contributed by atoms with Gasteiger partial charge in [-0.2, -0.15) is 0 Å². The predicted octanol–water partition coefficient (Wildman–Crippen LogP) is 1.92. The fourth-order valence-electron chi connectivity index (χ4n) is 1.85. The molecule has 0 radical (unpaired) electrons. The summed E-state index contributed by atoms with van der Waals surface area (Å²) < 4.78 is 23.1. The molecule has 4 nitrogen and oxygen atoms in total. The third-order valence-electron chi connectivity index (χ3n) is 3.87. The van der Waals surface area contributed by atoms with Crippen LogP contribution in [0.2, 0.25) is 0 Å². The molecule has 0 aromatic rings. The maximum Gasteiger partial charge on any atom is 0.155 e. The highest BCUT2D eigenvalue weighted by Gasteiger charge is 2.35. The van der Waals surface area contributed by atoms with E-state index in [9.17, 15) is 13.2 Å². The minimum atomic E-state index is -3.24. The predicted molar refractivity (Wildman–Crippen MR) is 75.2 cm³/mol. The van der Waals surface area contributed by atoms with Crippen LogP contribution in [0.25, 0.3) is 0 Å². The monoisotopic (exact) mass is 277 g/mol. The van der Waals surface area contributed by atoms with Gasteiger partial charge < -0.3 is 5.73 Å². The summed E-state index contributed by atoms with van der Waals surface area (Å²) in [5.74, 6) is -0.111. The molecule has 0 spiro atoms. The van der Waals surface area contributed by atoms with Gasteiger partial charge in [0.2, 0.25) is 0 Å². The van der Waals surface area contributed by atoms with E-state index in [0.29, 0.717) is 12.8 Å². The third kappa shape index (κ3) is 3.79. The fraction of sp³-hybridized carbons (Fsp3) is 0.923. The van der Waals surface area contributed by atoms with Gasteiger partial charge in [0.1, 0.15) is 5.78 Å². The van der Waals surface area contributed by atoms with E-state index in [2.05, 4.69) is 0 Å². The number of carbonyl (C=O) groups is 1. The Kier molecular flexibility index (Phi) is 6.01. The van der Waals surface area contributed by atoms with E-state index in [-0.39, 0.29) is 24.5 Å². The van der Waals surface area contributed by atoms with Crippen LogP contribution in [0.1, 0.15) is 53.9 Å². The third-order valence-corrected chi connectivity index (χ3v) is 6.47. The zero-order valence-electron chi connectivity index (χ0n) is 12.2. The lowest BCUT2D eigenvalue weighted by molar-refractivity contribution is -0.128. The van der Waals surface area contributed by atoms with Gasteiger partial charge >= 0.3 is 0 Å². The maximum atomic E-state index is 12.2. The maximum absolute atomic E-state index is 12.2. The Morgan fingerprint density at radius 1 is 1.11 bits per heavy atom. The largest absolute Gasteiger partial charge is 0.329 e. The van der Waals surface area contributed by atoms with Crippen LogP contribution >= 0.6 is 0 Å². The van der Waals surface area contributed by atoms with Gasteiger partial charge in [-0.3, -0.25) is 4.79 Å². The van der Waals surface area contributed by atoms with Crippen LogP contribution < -0.4 is 5.73 Å². The van der Waals surface area contributed by atoms with Crippen molar-refractivity contribution in [3.8, 4) is 0 Å². The smallest absolute Gasteiger partial charge is 0.155 e. The quantitative estimate of drug-likeness (QED) is 0.771. The standard InChI is InChI=1S/C13H27NO3S/c1-6-13(7-2,10-14)11(15)8-9-18(16,17)12(3,4)5/h6-10,14H2,1-5H3. The Bertz CT molecular complexity index is 367. The first-order valence-electron chi connectivity index (χ1n) is 6.52. The first-order chi connectivity index (χ1) is 8.06. The molecule has 0 rings (SSSR count). The summed E-state index contributed by atoms with van der Waals surface area (Å²) >= 11 is 0. The number of Topliss-reactive ketones (excluding diaryl/α,β-unsaturated/α-hetero) is 1. The number of carbonyl (C=O) groups excluding carboxylic acids is 1. The molecule has 0 aromatic carbocycles. The second-order valence-electron chi connectivity index (χ2n) is 5.80. The lowest BCUT2D eigenvalue weighted by atomic mass is 9.77. The van der Waals surface area contributed by atoms with Crippen molar-refractivity contribution >= 4 is 15.6 Å². The van der Waals surface area contributed by atoms with Gasteiger partial charge in [0.15, 0.2) is 9.84 Å². The Morgan fingerprint density at radius 3 is 1.83 bits per heavy atom. The highest BCUT2D eigenvalue weighted by molar-refractivity contribution is 7.92. The Morgan fingerprint density at radius 2 is 1.56 bits per heavy atom. The van der Waals surface area contributed by atoms with E-state index < -0.39 is 20.0 Å². The van der Waals surface area contributed by atoms with Crippen LogP contribution in [0.15, 0.2) is 0 Å². The first-order valence-corrected chi connectivity index (χ1v) is 8.17. The molecule has 5 heteroatoms. The van der Waals surface area contributed by atoms with Crippen molar-refractivity contribution in [3.05, 3.63) is 0 Å². The van der Waals surface area contributed by atoms with Gasteiger partial charge in [0.05, 0.1) is 10.5 Å². The normalized spacial score (nSPS) is 13.7. The molecular formula is C13H27NO3S. The van der Waals surface area contributed by atoms with Gasteiger partial charge in [0, 0.05) is 18.4 Å². The van der Waals surface area contributed by atoms with Crippen LogP contribution in [-0.4, -0.2) is 31.2 Å². The van der Waals surface area contributed by atoms with Gasteiger partial charge in [-0.1, -0.05) is 13.8 Å². The summed E-state index contributed by atoms with van der Waals surface area (Å²) in [6.45, 7) is 9.10. The molecule has 0 atom stereocenters. The van der Waals surface area contributed by atoms with E-state index >= 15 is 0 Å². The molecule has 0 aliphatic rings. The van der Waals surface area contributed by atoms with Crippen molar-refractivity contribution in [2.24, 2.45) is 11.1 Å². The SMILES string of the molecule is CCC(CC)(CN)C(=O)CCS(=O)(=O)C(C)(C)C. The van der Waals surface area contributed by atoms with Crippen molar-refractivity contribution < 1.29 is 13.2 Å². The van der Waals surface area contributed by atoms with Gasteiger partial charge in [-0.05, 0) is 33.6 Å². The van der Waals surface area contributed by atoms with Gasteiger partial charge in [0.25, 0.3) is 0 Å². The van der Waals surface area contributed by atoms with Crippen LogP contribution in [-0.2, 0) is 14.6 Å². The molecule has 18 heavy (non-hydrogen) atoms. The zero-order valence-corrected chi connectivity index (χ0v) is 13.1. The molecule has 0 bridgehead atoms. The first kappa shape index (κ1) is 17.6. The van der Waals surface area contributed by atoms with E-state index in [1.165, 1.54) is 0 Å². The highest BCUT2D eigenvalue weighted by atomic mass is 32.2. The summed E-state index contributed by atoms with van der Waals surface area (Å²) in [6.07, 6.45) is 1.39. The van der Waals surface area contributed by atoms with Gasteiger partial charge in [-0.15, -0.1) is 0 Å². The Labute approximate surface area is 111 Å². The molecule has 0 unspecified atom stereocenters. The molecule has 0 saturated heterocycles. The number of hydrogen-bond acceptors (Lipinski definition) is 4.